The molecule has 134 valence electrons. The van der Waals surface area contributed by atoms with Crippen LogP contribution in [0, 0.1) is 5.82 Å². The summed E-state index contributed by atoms with van der Waals surface area (Å²) in [5.41, 5.74) is 2.38. The van der Waals surface area contributed by atoms with Crippen LogP contribution in [0.5, 0.6) is 5.75 Å². The Kier molecular flexibility index (Phi) is 4.61. The highest BCUT2D eigenvalue weighted by Gasteiger charge is 2.06. The standard InChI is InChI=1S/C21H16FN3O2/c22-18-7-2-1-5-15(18)13-27-17-6-3-4-14(10-17)12-23-16-8-9-19-20(11-16)25-21(26)24-19/h1-11,23H,12-13H2. The Hall–Kier alpha value is -3.54. The van der Waals surface area contributed by atoms with Crippen LogP contribution >= 0.6 is 0 Å². The lowest BCUT2D eigenvalue weighted by Gasteiger charge is -2.10. The molecule has 6 heteroatoms. The Labute approximate surface area is 154 Å². The summed E-state index contributed by atoms with van der Waals surface area (Å²) in [6.45, 7) is 0.744. The Balaban J connectivity index is 1.41. The minimum atomic E-state index is -0.471. The summed E-state index contributed by atoms with van der Waals surface area (Å²) in [5, 5.41) is 4.45. The molecule has 1 aliphatic heterocycles. The van der Waals surface area contributed by atoms with Gasteiger partial charge in [0.25, 0.3) is 0 Å². The Bertz CT molecular complexity index is 1130. The maximum absolute atomic E-state index is 13.7. The summed E-state index contributed by atoms with van der Waals surface area (Å²) in [6.07, 6.45) is 0. The fourth-order valence-electron chi connectivity index (χ4n) is 2.77. The summed E-state index contributed by atoms with van der Waals surface area (Å²) in [5.74, 6) is 0.397. The van der Waals surface area contributed by atoms with E-state index in [-0.39, 0.29) is 12.4 Å². The number of amides is 2. The summed E-state index contributed by atoms with van der Waals surface area (Å²) in [4.78, 5) is 18.9. The average molecular weight is 361 g/mol. The largest absolute Gasteiger partial charge is 0.489 e. The number of nitrogens with one attached hydrogen (secondary N) is 1. The van der Waals surface area contributed by atoms with Gasteiger partial charge in [0.05, 0.1) is 10.7 Å². The van der Waals surface area contributed by atoms with Gasteiger partial charge in [-0.15, -0.1) is 0 Å². The third-order valence-electron chi connectivity index (χ3n) is 4.15. The number of urea groups is 1. The molecule has 3 aromatic rings. The van der Waals surface area contributed by atoms with Crippen LogP contribution in [0.3, 0.4) is 0 Å². The van der Waals surface area contributed by atoms with Crippen molar-refractivity contribution < 1.29 is 13.9 Å². The van der Waals surface area contributed by atoms with Crippen LogP contribution in [0.4, 0.5) is 14.9 Å². The number of benzene rings is 3. The number of carbonyl (C=O) groups is 1. The van der Waals surface area contributed by atoms with Crippen molar-refractivity contribution in [1.82, 2.24) is 0 Å². The van der Waals surface area contributed by atoms with Gasteiger partial charge in [-0.2, -0.15) is 9.98 Å². The number of carbonyl (C=O) groups excluding carboxylic acids is 1. The van der Waals surface area contributed by atoms with Gasteiger partial charge in [0.2, 0.25) is 0 Å². The molecule has 0 fully saturated rings. The Morgan fingerprint density at radius 1 is 0.926 bits per heavy atom. The van der Waals surface area contributed by atoms with Crippen molar-refractivity contribution in [3.05, 3.63) is 94.4 Å². The lowest BCUT2D eigenvalue weighted by Crippen LogP contribution is -2.21. The van der Waals surface area contributed by atoms with E-state index in [0.29, 0.717) is 28.6 Å². The van der Waals surface area contributed by atoms with Gasteiger partial charge in [-0.1, -0.05) is 30.3 Å². The van der Waals surface area contributed by atoms with Crippen molar-refractivity contribution in [1.29, 1.82) is 0 Å². The molecule has 1 aliphatic rings. The molecule has 0 aromatic heterocycles. The molecular weight excluding hydrogens is 345 g/mol. The summed E-state index contributed by atoms with van der Waals surface area (Å²) >= 11 is 0. The molecule has 0 unspecified atom stereocenters. The predicted octanol–water partition coefficient (Wildman–Crippen LogP) is 3.39. The van der Waals surface area contributed by atoms with Gasteiger partial charge < -0.3 is 10.1 Å². The second-order valence-corrected chi connectivity index (χ2v) is 6.09. The van der Waals surface area contributed by atoms with E-state index in [9.17, 15) is 9.18 Å². The average Bonchev–Trinajstić information content (AvgIpc) is 3.05. The van der Waals surface area contributed by atoms with Gasteiger partial charge in [0.15, 0.2) is 0 Å². The highest BCUT2D eigenvalue weighted by Crippen LogP contribution is 2.17. The van der Waals surface area contributed by atoms with E-state index >= 15 is 0 Å². The quantitative estimate of drug-likeness (QED) is 0.732. The molecule has 2 amide bonds. The molecule has 0 aliphatic carbocycles. The third-order valence-corrected chi connectivity index (χ3v) is 4.15. The topological polar surface area (TPSA) is 63.0 Å². The van der Waals surface area contributed by atoms with Crippen molar-refractivity contribution in [3.8, 4) is 5.75 Å². The Morgan fingerprint density at radius 3 is 2.67 bits per heavy atom. The SMILES string of the molecule is O=C1N=c2ccc(NCc3cccc(OCc4ccccc4F)c3)cc2=N1. The maximum atomic E-state index is 13.7. The molecule has 1 N–H and O–H groups in total. The molecule has 3 aromatic carbocycles. The number of rotatable bonds is 6. The fraction of sp³-hybridized carbons (Fsp3) is 0.0952. The van der Waals surface area contributed by atoms with E-state index in [2.05, 4.69) is 15.3 Å². The molecule has 5 nitrogen and oxygen atoms in total. The minimum Gasteiger partial charge on any atom is -0.489 e. The lowest BCUT2D eigenvalue weighted by molar-refractivity contribution is 0.256. The molecule has 0 saturated heterocycles. The first kappa shape index (κ1) is 16.9. The molecule has 1 heterocycles. The van der Waals surface area contributed by atoms with Crippen LogP contribution in [0.25, 0.3) is 0 Å². The monoisotopic (exact) mass is 361 g/mol. The molecule has 0 bridgehead atoms. The van der Waals surface area contributed by atoms with Gasteiger partial charge in [0.1, 0.15) is 18.2 Å². The van der Waals surface area contributed by atoms with Crippen LogP contribution in [0.15, 0.2) is 76.7 Å². The third kappa shape index (κ3) is 4.00. The van der Waals surface area contributed by atoms with Crippen molar-refractivity contribution in [2.24, 2.45) is 9.98 Å². The first-order chi connectivity index (χ1) is 13.2. The second-order valence-electron chi connectivity index (χ2n) is 6.09. The maximum Gasteiger partial charge on any atom is 0.368 e. The molecule has 0 spiro atoms. The molecular formula is C21H16FN3O2. The van der Waals surface area contributed by atoms with Gasteiger partial charge in [0, 0.05) is 17.8 Å². The van der Waals surface area contributed by atoms with Crippen molar-refractivity contribution in [3.63, 3.8) is 0 Å². The van der Waals surface area contributed by atoms with E-state index in [1.165, 1.54) is 6.07 Å². The van der Waals surface area contributed by atoms with Crippen molar-refractivity contribution >= 4 is 11.7 Å². The van der Waals surface area contributed by atoms with Crippen LogP contribution in [0.2, 0.25) is 0 Å². The van der Waals surface area contributed by atoms with Crippen molar-refractivity contribution in [2.75, 3.05) is 5.32 Å². The summed E-state index contributed by atoms with van der Waals surface area (Å²) in [6, 6.07) is 19.1. The van der Waals surface area contributed by atoms with E-state index in [1.54, 1.807) is 30.3 Å². The van der Waals surface area contributed by atoms with Crippen LogP contribution in [-0.2, 0) is 13.2 Å². The van der Waals surface area contributed by atoms with E-state index < -0.39 is 6.03 Å². The lowest BCUT2D eigenvalue weighted by atomic mass is 10.2. The highest BCUT2D eigenvalue weighted by molar-refractivity contribution is 5.77. The number of nitrogens with zero attached hydrogens (tertiary/aromatic N) is 2. The number of ether oxygens (including phenoxy) is 1. The highest BCUT2D eigenvalue weighted by atomic mass is 19.1. The number of hydrogen-bond donors (Lipinski definition) is 1. The van der Waals surface area contributed by atoms with Crippen molar-refractivity contribution in [2.45, 2.75) is 13.2 Å². The van der Waals surface area contributed by atoms with Crippen LogP contribution < -0.4 is 20.8 Å². The number of halogens is 1. The van der Waals surface area contributed by atoms with E-state index in [4.69, 9.17) is 4.74 Å². The van der Waals surface area contributed by atoms with Crippen LogP contribution in [0.1, 0.15) is 11.1 Å². The second kappa shape index (κ2) is 7.37. The normalized spacial score (nSPS) is 12.1. The number of hydrogen-bond acceptors (Lipinski definition) is 3. The fourth-order valence-corrected chi connectivity index (χ4v) is 2.77. The van der Waals surface area contributed by atoms with Gasteiger partial charge in [-0.05, 0) is 42.0 Å². The number of anilines is 1. The molecule has 4 rings (SSSR count). The predicted molar refractivity (Wildman–Crippen MR) is 98.7 cm³/mol. The zero-order valence-electron chi connectivity index (χ0n) is 14.4. The first-order valence-corrected chi connectivity index (χ1v) is 8.48. The van der Waals surface area contributed by atoms with Gasteiger partial charge >= 0.3 is 6.03 Å². The number of fused-ring (bicyclic) bond motifs is 1. The minimum absolute atomic E-state index is 0.174. The van der Waals surface area contributed by atoms with E-state index in [1.807, 2.05) is 30.3 Å². The molecule has 0 saturated carbocycles. The summed E-state index contributed by atoms with van der Waals surface area (Å²) in [7, 11) is 0. The molecule has 27 heavy (non-hydrogen) atoms. The zero-order valence-corrected chi connectivity index (χ0v) is 14.4. The first-order valence-electron chi connectivity index (χ1n) is 8.48. The van der Waals surface area contributed by atoms with E-state index in [0.717, 1.165) is 11.3 Å². The molecule has 0 radical (unpaired) electrons. The smallest absolute Gasteiger partial charge is 0.368 e. The van der Waals surface area contributed by atoms with Gasteiger partial charge in [-0.3, -0.25) is 0 Å². The zero-order chi connectivity index (χ0) is 18.6. The summed E-state index contributed by atoms with van der Waals surface area (Å²) < 4.78 is 19.4. The van der Waals surface area contributed by atoms with Gasteiger partial charge in [-0.25, -0.2) is 9.18 Å². The Morgan fingerprint density at radius 2 is 1.78 bits per heavy atom. The molecule has 0 atom stereocenters. The van der Waals surface area contributed by atoms with Crippen LogP contribution in [-0.4, -0.2) is 6.03 Å².